The highest BCUT2D eigenvalue weighted by atomic mass is 79.9. The van der Waals surface area contributed by atoms with Crippen molar-refractivity contribution in [3.8, 4) is 11.3 Å². The highest BCUT2D eigenvalue weighted by Crippen LogP contribution is 2.24. The molecular weight excluding hydrogens is 536 g/mol. The minimum Gasteiger partial charge on any atom is -0.444 e. The third kappa shape index (κ3) is 6.41. The lowest BCUT2D eigenvalue weighted by Gasteiger charge is -2.35. The minimum atomic E-state index is -0.481. The molecule has 3 aromatic heterocycles. The van der Waals surface area contributed by atoms with E-state index < -0.39 is 5.60 Å². The Labute approximate surface area is 223 Å². The van der Waals surface area contributed by atoms with Crippen LogP contribution in [-0.2, 0) is 11.3 Å². The van der Waals surface area contributed by atoms with Gasteiger partial charge in [0, 0.05) is 44.5 Å². The number of nitrogens with zero attached hydrogens (tertiary/aromatic N) is 6. The van der Waals surface area contributed by atoms with E-state index in [9.17, 15) is 4.79 Å². The summed E-state index contributed by atoms with van der Waals surface area (Å²) < 4.78 is 6.19. The number of piperazine rings is 1. The van der Waals surface area contributed by atoms with Crippen LogP contribution in [0.25, 0.3) is 22.3 Å². The van der Waals surface area contributed by atoms with E-state index in [1.165, 1.54) is 0 Å². The van der Waals surface area contributed by atoms with Crippen molar-refractivity contribution in [3.63, 3.8) is 0 Å². The quantitative estimate of drug-likeness (QED) is 0.349. The van der Waals surface area contributed by atoms with Gasteiger partial charge in [0.15, 0.2) is 0 Å². The van der Waals surface area contributed by atoms with Crippen LogP contribution in [0.2, 0.25) is 0 Å². The monoisotopic (exact) mass is 564 g/mol. The second-order valence-corrected chi connectivity index (χ2v) is 10.8. The van der Waals surface area contributed by atoms with Gasteiger partial charge in [0.1, 0.15) is 16.0 Å². The maximum Gasteiger partial charge on any atom is 0.410 e. The number of pyridine rings is 1. The van der Waals surface area contributed by atoms with E-state index >= 15 is 0 Å². The third-order valence-corrected chi connectivity index (χ3v) is 6.31. The van der Waals surface area contributed by atoms with Crippen molar-refractivity contribution in [3.05, 3.63) is 59.1 Å². The topological polar surface area (TPSA) is 112 Å². The van der Waals surface area contributed by atoms with Gasteiger partial charge in [-0.3, -0.25) is 9.88 Å². The smallest absolute Gasteiger partial charge is 0.410 e. The molecule has 0 spiro atoms. The average Bonchev–Trinajstić information content (AvgIpc) is 3.25. The fourth-order valence-electron chi connectivity index (χ4n) is 4.13. The third-order valence-electron chi connectivity index (χ3n) is 5.90. The van der Waals surface area contributed by atoms with Crippen LogP contribution >= 0.6 is 15.9 Å². The molecule has 1 saturated heterocycles. The first-order valence-electron chi connectivity index (χ1n) is 12.1. The molecule has 0 saturated carbocycles. The van der Waals surface area contributed by atoms with Crippen LogP contribution in [0.4, 0.5) is 16.6 Å². The summed E-state index contributed by atoms with van der Waals surface area (Å²) in [6, 6.07) is 9.97. The summed E-state index contributed by atoms with van der Waals surface area (Å²) in [5, 5.41) is 3.28. The first-order chi connectivity index (χ1) is 17.7. The van der Waals surface area contributed by atoms with E-state index in [2.05, 4.69) is 51.1 Å². The Morgan fingerprint density at radius 1 is 1.08 bits per heavy atom. The number of carbonyl (C=O) groups excluding carboxylic acids is 1. The summed E-state index contributed by atoms with van der Waals surface area (Å²) in [6.45, 7) is 9.32. The van der Waals surface area contributed by atoms with Crippen molar-refractivity contribution in [2.45, 2.75) is 32.9 Å². The second-order valence-electron chi connectivity index (χ2n) is 9.96. The molecule has 2 N–H and O–H groups in total. The molecule has 1 aromatic carbocycles. The van der Waals surface area contributed by atoms with Gasteiger partial charge >= 0.3 is 6.09 Å². The Balaban J connectivity index is 1.21. The van der Waals surface area contributed by atoms with Gasteiger partial charge in [-0.2, -0.15) is 0 Å². The number of rotatable bonds is 5. The molecule has 0 radical (unpaired) electrons. The maximum absolute atomic E-state index is 12.3. The number of halogens is 1. The zero-order chi connectivity index (χ0) is 26.0. The standard InChI is InChI=1S/C26H29BrN8O2/c1-26(2,3)37-25(36)35-10-8-34(9-11-35)16-17-6-7-28-23(12-17)33-24-31-19-5-4-18(13-20(19)32-24)21-14-30-22(27)15-29-21/h4-7,12-15H,8-11,16H2,1-3H3,(H2,28,31,32,33). The Hall–Kier alpha value is -3.57. The molecule has 1 aliphatic rings. The number of H-pyrrole nitrogens is 1. The lowest BCUT2D eigenvalue weighted by atomic mass is 10.1. The zero-order valence-electron chi connectivity index (χ0n) is 21.0. The predicted molar refractivity (Wildman–Crippen MR) is 145 cm³/mol. The molecule has 0 aliphatic carbocycles. The van der Waals surface area contributed by atoms with E-state index in [1.54, 1.807) is 23.5 Å². The number of aromatic nitrogens is 5. The molecule has 5 rings (SSSR count). The van der Waals surface area contributed by atoms with E-state index in [1.807, 2.05) is 51.1 Å². The normalized spacial score (nSPS) is 14.6. The minimum absolute atomic E-state index is 0.245. The van der Waals surface area contributed by atoms with Crippen LogP contribution in [0, 0.1) is 0 Å². The summed E-state index contributed by atoms with van der Waals surface area (Å²) in [6.07, 6.45) is 4.96. The van der Waals surface area contributed by atoms with E-state index in [0.29, 0.717) is 29.5 Å². The Morgan fingerprint density at radius 3 is 2.62 bits per heavy atom. The lowest BCUT2D eigenvalue weighted by Crippen LogP contribution is -2.49. The molecule has 0 bridgehead atoms. The van der Waals surface area contributed by atoms with Crippen molar-refractivity contribution in [2.24, 2.45) is 0 Å². The molecule has 1 aliphatic heterocycles. The largest absolute Gasteiger partial charge is 0.444 e. The number of anilines is 2. The van der Waals surface area contributed by atoms with Gasteiger partial charge in [-0.1, -0.05) is 6.07 Å². The molecule has 4 aromatic rings. The van der Waals surface area contributed by atoms with Gasteiger partial charge < -0.3 is 19.9 Å². The van der Waals surface area contributed by atoms with Crippen molar-refractivity contribution in [2.75, 3.05) is 31.5 Å². The SMILES string of the molecule is CC(C)(C)OC(=O)N1CCN(Cc2ccnc(Nc3nc4ccc(-c5cnc(Br)cn5)cc4[nH]3)c2)CC1. The summed E-state index contributed by atoms with van der Waals surface area (Å²) >= 11 is 3.32. The van der Waals surface area contributed by atoms with Gasteiger partial charge in [-0.05, 0) is 66.5 Å². The van der Waals surface area contributed by atoms with E-state index in [4.69, 9.17) is 4.74 Å². The summed E-state index contributed by atoms with van der Waals surface area (Å²) in [4.78, 5) is 37.5. The number of aromatic amines is 1. The number of hydrogen-bond donors (Lipinski definition) is 2. The Morgan fingerprint density at radius 2 is 1.89 bits per heavy atom. The lowest BCUT2D eigenvalue weighted by molar-refractivity contribution is 0.0139. The first kappa shape index (κ1) is 25.1. The van der Waals surface area contributed by atoms with Crippen LogP contribution in [-0.4, -0.2) is 72.6 Å². The van der Waals surface area contributed by atoms with Crippen LogP contribution in [0.15, 0.2) is 53.5 Å². The molecule has 192 valence electrons. The fraction of sp³-hybridized carbons (Fsp3) is 0.346. The van der Waals surface area contributed by atoms with Gasteiger partial charge in [0.2, 0.25) is 5.95 Å². The highest BCUT2D eigenvalue weighted by Gasteiger charge is 2.25. The number of imidazole rings is 1. The molecule has 10 nitrogen and oxygen atoms in total. The van der Waals surface area contributed by atoms with Crippen LogP contribution in [0.1, 0.15) is 26.3 Å². The zero-order valence-corrected chi connectivity index (χ0v) is 22.6. The number of ether oxygens (including phenoxy) is 1. The average molecular weight is 565 g/mol. The second kappa shape index (κ2) is 10.4. The van der Waals surface area contributed by atoms with Crippen LogP contribution < -0.4 is 5.32 Å². The molecule has 1 fully saturated rings. The van der Waals surface area contributed by atoms with Gasteiger partial charge in [0.25, 0.3) is 0 Å². The number of fused-ring (bicyclic) bond motifs is 1. The summed E-state index contributed by atoms with van der Waals surface area (Å²) in [5.74, 6) is 1.33. The first-order valence-corrected chi connectivity index (χ1v) is 12.9. The molecule has 0 atom stereocenters. The fourth-order valence-corrected chi connectivity index (χ4v) is 4.33. The molecule has 37 heavy (non-hydrogen) atoms. The van der Waals surface area contributed by atoms with Gasteiger partial charge in [-0.25, -0.2) is 19.7 Å². The Bertz CT molecular complexity index is 1390. The summed E-state index contributed by atoms with van der Waals surface area (Å²) in [7, 11) is 0. The summed E-state index contributed by atoms with van der Waals surface area (Å²) in [5.41, 5.74) is 4.13. The van der Waals surface area contributed by atoms with Crippen molar-refractivity contribution >= 4 is 44.8 Å². The maximum atomic E-state index is 12.3. The van der Waals surface area contributed by atoms with E-state index in [-0.39, 0.29) is 6.09 Å². The molecule has 11 heteroatoms. The number of amides is 1. The molecular formula is C26H29BrN8O2. The molecule has 4 heterocycles. The predicted octanol–water partition coefficient (Wildman–Crippen LogP) is 4.97. The van der Waals surface area contributed by atoms with Crippen molar-refractivity contribution in [1.29, 1.82) is 0 Å². The Kier molecular flexibility index (Phi) is 7.07. The van der Waals surface area contributed by atoms with Crippen LogP contribution in [0.3, 0.4) is 0 Å². The van der Waals surface area contributed by atoms with Gasteiger partial charge in [0.05, 0.1) is 29.1 Å². The van der Waals surface area contributed by atoms with E-state index in [0.717, 1.165) is 47.5 Å². The van der Waals surface area contributed by atoms with Crippen molar-refractivity contribution in [1.82, 2.24) is 34.7 Å². The van der Waals surface area contributed by atoms with Crippen molar-refractivity contribution < 1.29 is 9.53 Å². The molecule has 0 unspecified atom stereocenters. The molecule has 1 amide bonds. The number of nitrogens with one attached hydrogen (secondary N) is 2. The van der Waals surface area contributed by atoms with Crippen LogP contribution in [0.5, 0.6) is 0 Å². The van der Waals surface area contributed by atoms with Gasteiger partial charge in [-0.15, -0.1) is 0 Å². The highest BCUT2D eigenvalue weighted by molar-refractivity contribution is 9.10. The number of carbonyl (C=O) groups is 1. The number of benzene rings is 1. The number of hydrogen-bond acceptors (Lipinski definition) is 8.